The number of nitrogens with zero attached hydrogens (tertiary/aromatic N) is 4. The zero-order valence-electron chi connectivity index (χ0n) is 16.5. The van der Waals surface area contributed by atoms with Crippen molar-refractivity contribution in [3.05, 3.63) is 57.4 Å². The Kier molecular flexibility index (Phi) is 4.73. The highest BCUT2D eigenvalue weighted by Gasteiger charge is 2.32. The van der Waals surface area contributed by atoms with E-state index < -0.39 is 0 Å². The Hall–Kier alpha value is -2.48. The maximum atomic E-state index is 13.4. The first-order valence-electron chi connectivity index (χ1n) is 10.0. The van der Waals surface area contributed by atoms with Crippen LogP contribution < -0.4 is 0 Å². The third-order valence-corrected chi connectivity index (χ3v) is 6.92. The van der Waals surface area contributed by atoms with Crippen LogP contribution in [-0.2, 0) is 19.4 Å². The van der Waals surface area contributed by atoms with Crippen LogP contribution in [0.15, 0.2) is 35.7 Å². The molecule has 0 unspecified atom stereocenters. The van der Waals surface area contributed by atoms with Gasteiger partial charge in [-0.2, -0.15) is 5.10 Å². The normalized spacial score (nSPS) is 16.6. The van der Waals surface area contributed by atoms with Gasteiger partial charge in [0.15, 0.2) is 5.69 Å². The van der Waals surface area contributed by atoms with Gasteiger partial charge < -0.3 is 14.9 Å². The van der Waals surface area contributed by atoms with Crippen LogP contribution in [0.2, 0.25) is 0 Å². The minimum absolute atomic E-state index is 0.0132. The number of aliphatic hydroxyl groups is 1. The highest BCUT2D eigenvalue weighted by atomic mass is 32.1. The molecule has 2 aromatic heterocycles. The molecule has 7 heteroatoms. The summed E-state index contributed by atoms with van der Waals surface area (Å²) in [5.41, 5.74) is 5.66. The van der Waals surface area contributed by atoms with Crippen molar-refractivity contribution >= 4 is 17.2 Å². The first-order valence-corrected chi connectivity index (χ1v) is 10.9. The molecule has 1 N–H and O–H groups in total. The number of carbonyl (C=O) groups is 1. The minimum Gasteiger partial charge on any atom is -0.392 e. The number of hydrogen-bond donors (Lipinski definition) is 1. The molecule has 6 nitrogen and oxygen atoms in total. The van der Waals surface area contributed by atoms with Gasteiger partial charge in [0.25, 0.3) is 5.91 Å². The highest BCUT2D eigenvalue weighted by molar-refractivity contribution is 7.10. The predicted octanol–water partition coefficient (Wildman–Crippen LogP) is 2.58. The van der Waals surface area contributed by atoms with Crippen molar-refractivity contribution in [2.45, 2.75) is 19.4 Å². The molecule has 5 rings (SSSR count). The minimum atomic E-state index is 0.0132. The summed E-state index contributed by atoms with van der Waals surface area (Å²) in [5, 5.41) is 16.3. The molecule has 150 valence electrons. The van der Waals surface area contributed by atoms with E-state index in [2.05, 4.69) is 23.4 Å². The number of rotatable bonds is 3. The summed E-state index contributed by atoms with van der Waals surface area (Å²) >= 11 is 1.77. The quantitative estimate of drug-likeness (QED) is 0.724. The molecule has 1 aliphatic heterocycles. The van der Waals surface area contributed by atoms with Gasteiger partial charge >= 0.3 is 0 Å². The number of likely N-dealkylation sites (N-methyl/N-ethyl adjacent to an activating group) is 1. The Bertz CT molecular complexity index is 1050. The van der Waals surface area contributed by atoms with Crippen molar-refractivity contribution in [3.63, 3.8) is 0 Å². The highest BCUT2D eigenvalue weighted by Crippen LogP contribution is 2.39. The van der Waals surface area contributed by atoms with Crippen molar-refractivity contribution in [1.29, 1.82) is 0 Å². The molecule has 1 fully saturated rings. The molecule has 0 saturated carbocycles. The number of aromatic nitrogens is 2. The molecule has 2 aliphatic rings. The summed E-state index contributed by atoms with van der Waals surface area (Å²) in [6.07, 6.45) is 1.80. The standard InChI is InChI=1S/C22H24N4O2S/c1-24-9-11-25(12-10-24)22(28)20-18-6-7-19-17(8-13-29-19)21(18)26(23-20)16-4-2-15(14-27)3-5-16/h2-5,8,13,27H,6-7,9-12,14H2,1H3. The van der Waals surface area contributed by atoms with E-state index in [0.717, 1.165) is 61.5 Å². The number of aryl methyl sites for hydroxylation is 1. The van der Waals surface area contributed by atoms with Gasteiger partial charge in [-0.05, 0) is 49.0 Å². The molecule has 3 heterocycles. The third-order valence-electron chi connectivity index (χ3n) is 5.94. The van der Waals surface area contributed by atoms with Crippen LogP contribution in [0.3, 0.4) is 0 Å². The predicted molar refractivity (Wildman–Crippen MR) is 114 cm³/mol. The van der Waals surface area contributed by atoms with Gasteiger partial charge in [-0.1, -0.05) is 12.1 Å². The largest absolute Gasteiger partial charge is 0.392 e. The lowest BCUT2D eigenvalue weighted by molar-refractivity contribution is 0.0656. The summed E-state index contributed by atoms with van der Waals surface area (Å²) in [4.78, 5) is 18.9. The number of fused-ring (bicyclic) bond motifs is 3. The fraction of sp³-hybridized carbons (Fsp3) is 0.364. The van der Waals surface area contributed by atoms with Crippen molar-refractivity contribution in [2.75, 3.05) is 33.2 Å². The van der Waals surface area contributed by atoms with Crippen molar-refractivity contribution in [1.82, 2.24) is 19.6 Å². The molecule has 1 aromatic carbocycles. The molecule has 0 radical (unpaired) electrons. The van der Waals surface area contributed by atoms with Crippen LogP contribution in [0.5, 0.6) is 0 Å². The lowest BCUT2D eigenvalue weighted by atomic mass is 9.94. The van der Waals surface area contributed by atoms with Crippen LogP contribution in [-0.4, -0.2) is 63.8 Å². The van der Waals surface area contributed by atoms with E-state index in [4.69, 9.17) is 5.10 Å². The number of carbonyl (C=O) groups excluding carboxylic acids is 1. The Labute approximate surface area is 174 Å². The van der Waals surface area contributed by atoms with E-state index in [1.54, 1.807) is 11.3 Å². The second-order valence-electron chi connectivity index (χ2n) is 7.77. The average Bonchev–Trinajstić information content (AvgIpc) is 3.38. The smallest absolute Gasteiger partial charge is 0.274 e. The second kappa shape index (κ2) is 7.40. The van der Waals surface area contributed by atoms with Gasteiger partial charge in [0.2, 0.25) is 0 Å². The summed E-state index contributed by atoms with van der Waals surface area (Å²) < 4.78 is 1.92. The van der Waals surface area contributed by atoms with E-state index in [1.165, 1.54) is 10.4 Å². The number of hydrogen-bond acceptors (Lipinski definition) is 5. The Morgan fingerprint density at radius 3 is 2.59 bits per heavy atom. The van der Waals surface area contributed by atoms with Crippen LogP contribution >= 0.6 is 11.3 Å². The average molecular weight is 409 g/mol. The number of benzene rings is 1. The molecular formula is C22H24N4O2S. The third kappa shape index (κ3) is 3.19. The summed E-state index contributed by atoms with van der Waals surface area (Å²) in [6, 6.07) is 9.88. The molecule has 29 heavy (non-hydrogen) atoms. The molecule has 0 spiro atoms. The van der Waals surface area contributed by atoms with Crippen LogP contribution in [0.25, 0.3) is 16.9 Å². The van der Waals surface area contributed by atoms with Crippen molar-refractivity contribution < 1.29 is 9.90 Å². The number of aliphatic hydroxyl groups excluding tert-OH is 1. The van der Waals surface area contributed by atoms with E-state index in [0.29, 0.717) is 5.69 Å². The summed E-state index contributed by atoms with van der Waals surface area (Å²) in [7, 11) is 2.09. The number of thiophene rings is 1. The number of piperazine rings is 1. The van der Waals surface area contributed by atoms with Gasteiger partial charge in [-0.25, -0.2) is 4.68 Å². The lowest BCUT2D eigenvalue weighted by Gasteiger charge is -2.32. The number of amides is 1. The van der Waals surface area contributed by atoms with Gasteiger partial charge in [0, 0.05) is 42.2 Å². The van der Waals surface area contributed by atoms with E-state index in [-0.39, 0.29) is 12.5 Å². The molecule has 1 amide bonds. The van der Waals surface area contributed by atoms with Crippen molar-refractivity contribution in [3.8, 4) is 16.9 Å². The summed E-state index contributed by atoms with van der Waals surface area (Å²) in [5.74, 6) is 0.0405. The Morgan fingerprint density at radius 2 is 1.86 bits per heavy atom. The first kappa shape index (κ1) is 18.5. The first-order chi connectivity index (χ1) is 14.2. The molecule has 0 atom stereocenters. The molecule has 3 aromatic rings. The molecule has 1 aliphatic carbocycles. The van der Waals surface area contributed by atoms with E-state index in [1.807, 2.05) is 33.8 Å². The SMILES string of the molecule is CN1CCN(C(=O)c2nn(-c3ccc(CO)cc3)c3c2CCc2sccc2-3)CC1. The van der Waals surface area contributed by atoms with E-state index >= 15 is 0 Å². The molecular weight excluding hydrogens is 384 g/mol. The van der Waals surface area contributed by atoms with E-state index in [9.17, 15) is 9.90 Å². The van der Waals surface area contributed by atoms with Gasteiger partial charge in [0.05, 0.1) is 18.0 Å². The molecule has 0 bridgehead atoms. The molecule has 1 saturated heterocycles. The zero-order chi connectivity index (χ0) is 20.0. The second-order valence-corrected chi connectivity index (χ2v) is 8.77. The fourth-order valence-corrected chi connectivity index (χ4v) is 5.09. The van der Waals surface area contributed by atoms with Gasteiger partial charge in [-0.3, -0.25) is 4.79 Å². The lowest BCUT2D eigenvalue weighted by Crippen LogP contribution is -2.47. The zero-order valence-corrected chi connectivity index (χ0v) is 17.3. The fourth-order valence-electron chi connectivity index (χ4n) is 4.21. The maximum absolute atomic E-state index is 13.4. The topological polar surface area (TPSA) is 61.6 Å². The van der Waals surface area contributed by atoms with Gasteiger partial charge in [-0.15, -0.1) is 11.3 Å². The maximum Gasteiger partial charge on any atom is 0.274 e. The van der Waals surface area contributed by atoms with Crippen LogP contribution in [0.4, 0.5) is 0 Å². The monoisotopic (exact) mass is 408 g/mol. The van der Waals surface area contributed by atoms with Gasteiger partial charge in [0.1, 0.15) is 0 Å². The van der Waals surface area contributed by atoms with Crippen LogP contribution in [0, 0.1) is 0 Å². The van der Waals surface area contributed by atoms with Crippen molar-refractivity contribution in [2.24, 2.45) is 0 Å². The van der Waals surface area contributed by atoms with Crippen LogP contribution in [0.1, 0.15) is 26.5 Å². The Morgan fingerprint density at radius 1 is 1.10 bits per heavy atom. The Balaban J connectivity index is 1.61. The summed E-state index contributed by atoms with van der Waals surface area (Å²) in [6.45, 7) is 3.29.